The average Bonchev–Trinajstić information content (AvgIpc) is 3.05. The van der Waals surface area contributed by atoms with Crippen LogP contribution in [0.15, 0.2) is 48.5 Å². The normalized spacial score (nSPS) is 22.0. The lowest BCUT2D eigenvalue weighted by molar-refractivity contribution is 0.255. The SMILES string of the molecule is CCC1CCC(CC)CC1.CCC1CCCC(CC)C1.CCc1ccc(CC)cc1.CCc1cccc(CC)c1. The van der Waals surface area contributed by atoms with E-state index < -0.39 is 0 Å². The van der Waals surface area contributed by atoms with E-state index in [0.29, 0.717) is 0 Å². The van der Waals surface area contributed by atoms with Crippen LogP contribution in [0.1, 0.15) is 155 Å². The van der Waals surface area contributed by atoms with Crippen LogP contribution < -0.4 is 0 Å². The maximum absolute atomic E-state index is 2.34. The molecule has 2 aliphatic rings. The van der Waals surface area contributed by atoms with Crippen LogP contribution in [-0.2, 0) is 25.7 Å². The molecule has 0 amide bonds. The van der Waals surface area contributed by atoms with Crippen LogP contribution in [0.25, 0.3) is 0 Å². The Hall–Kier alpha value is -1.56. The predicted molar refractivity (Wildman–Crippen MR) is 182 cm³/mol. The smallest absolute Gasteiger partial charge is 0.0307 e. The lowest BCUT2D eigenvalue weighted by Gasteiger charge is -2.27. The number of hydrogen-bond donors (Lipinski definition) is 0. The molecule has 0 aliphatic heterocycles. The van der Waals surface area contributed by atoms with Gasteiger partial charge >= 0.3 is 0 Å². The van der Waals surface area contributed by atoms with E-state index >= 15 is 0 Å². The fourth-order valence-corrected chi connectivity index (χ4v) is 6.27. The van der Waals surface area contributed by atoms with Gasteiger partial charge in [0.05, 0.1) is 0 Å². The van der Waals surface area contributed by atoms with Crippen molar-refractivity contribution in [2.45, 2.75) is 158 Å². The van der Waals surface area contributed by atoms with Gasteiger partial charge in [-0.2, -0.15) is 0 Å². The Labute approximate surface area is 252 Å². The number of aryl methyl sites for hydroxylation is 4. The van der Waals surface area contributed by atoms with Crippen LogP contribution in [0.5, 0.6) is 0 Å². The minimum Gasteiger partial charge on any atom is -0.0651 e. The Morgan fingerprint density at radius 2 is 0.775 bits per heavy atom. The van der Waals surface area contributed by atoms with Crippen LogP contribution in [0, 0.1) is 23.7 Å². The molecule has 2 unspecified atom stereocenters. The highest BCUT2D eigenvalue weighted by Crippen LogP contribution is 2.33. The summed E-state index contributed by atoms with van der Waals surface area (Å²) < 4.78 is 0. The molecular formula is C40H68. The van der Waals surface area contributed by atoms with Gasteiger partial charge in [0.15, 0.2) is 0 Å². The standard InChI is InChI=1S/C10H20.C10H14.C10H20.C10H14/c2*1-3-9-5-7-10(4-2)8-6-9;2*1-3-9-6-5-7-10(4-2)8-9/h9-10H,3-8H2,1-2H3;5-8H,3-4H2,1-2H3;9-10H,3-8H2,1-2H3;5-8H,3-4H2,1-2H3. The van der Waals surface area contributed by atoms with Gasteiger partial charge < -0.3 is 0 Å². The topological polar surface area (TPSA) is 0 Å². The first kappa shape index (κ1) is 36.5. The minimum absolute atomic E-state index is 1.07. The lowest BCUT2D eigenvalue weighted by Crippen LogP contribution is -2.13. The highest BCUT2D eigenvalue weighted by molar-refractivity contribution is 5.23. The molecule has 2 fully saturated rings. The second-order valence-electron chi connectivity index (χ2n) is 12.5. The summed E-state index contributed by atoms with van der Waals surface area (Å²) in [5, 5.41) is 0. The van der Waals surface area contributed by atoms with E-state index in [1.165, 1.54) is 99.3 Å². The fraction of sp³-hybridized carbons (Fsp3) is 0.700. The molecule has 228 valence electrons. The first-order valence-corrected chi connectivity index (χ1v) is 17.6. The van der Waals surface area contributed by atoms with Crippen LogP contribution in [0.4, 0.5) is 0 Å². The Kier molecular flexibility index (Phi) is 21.0. The summed E-state index contributed by atoms with van der Waals surface area (Å²) in [5.41, 5.74) is 5.74. The molecule has 2 aromatic carbocycles. The Morgan fingerprint density at radius 3 is 1.07 bits per heavy atom. The molecule has 0 radical (unpaired) electrons. The minimum atomic E-state index is 1.07. The van der Waals surface area contributed by atoms with Gasteiger partial charge in [0, 0.05) is 0 Å². The summed E-state index contributed by atoms with van der Waals surface area (Å²) in [5.74, 6) is 4.28. The van der Waals surface area contributed by atoms with E-state index in [0.717, 1.165) is 49.4 Å². The number of benzene rings is 2. The molecular weight excluding hydrogens is 480 g/mol. The molecule has 0 aromatic heterocycles. The van der Waals surface area contributed by atoms with E-state index in [4.69, 9.17) is 0 Å². The monoisotopic (exact) mass is 549 g/mol. The van der Waals surface area contributed by atoms with Gasteiger partial charge in [0.25, 0.3) is 0 Å². The molecule has 0 nitrogen and oxygen atoms in total. The molecule has 40 heavy (non-hydrogen) atoms. The first-order valence-electron chi connectivity index (χ1n) is 17.6. The van der Waals surface area contributed by atoms with Gasteiger partial charge in [-0.3, -0.25) is 0 Å². The van der Waals surface area contributed by atoms with Crippen LogP contribution in [0.3, 0.4) is 0 Å². The third-order valence-corrected chi connectivity index (χ3v) is 9.81. The highest BCUT2D eigenvalue weighted by Gasteiger charge is 2.19. The molecule has 0 heterocycles. The summed E-state index contributed by atoms with van der Waals surface area (Å²) >= 11 is 0. The number of hydrogen-bond acceptors (Lipinski definition) is 0. The van der Waals surface area contributed by atoms with Crippen molar-refractivity contribution >= 4 is 0 Å². The molecule has 2 saturated carbocycles. The molecule has 0 spiro atoms. The second-order valence-corrected chi connectivity index (χ2v) is 12.5. The maximum Gasteiger partial charge on any atom is -0.0307 e. The summed E-state index contributed by atoms with van der Waals surface area (Å²) in [6.07, 6.45) is 22.3. The lowest BCUT2D eigenvalue weighted by atomic mass is 9.79. The van der Waals surface area contributed by atoms with Crippen molar-refractivity contribution < 1.29 is 0 Å². The third-order valence-electron chi connectivity index (χ3n) is 9.81. The molecule has 0 bridgehead atoms. The van der Waals surface area contributed by atoms with Crippen LogP contribution in [0.2, 0.25) is 0 Å². The Bertz CT molecular complexity index is 759. The van der Waals surface area contributed by atoms with E-state index in [1.54, 1.807) is 0 Å². The zero-order valence-electron chi connectivity index (χ0n) is 28.2. The van der Waals surface area contributed by atoms with Crippen molar-refractivity contribution in [1.82, 2.24) is 0 Å². The van der Waals surface area contributed by atoms with Crippen LogP contribution in [-0.4, -0.2) is 0 Å². The van der Waals surface area contributed by atoms with Crippen molar-refractivity contribution in [2.24, 2.45) is 23.7 Å². The van der Waals surface area contributed by atoms with Gasteiger partial charge in [0.2, 0.25) is 0 Å². The van der Waals surface area contributed by atoms with Gasteiger partial charge in [-0.05, 0) is 78.0 Å². The van der Waals surface area contributed by atoms with Crippen molar-refractivity contribution in [3.05, 3.63) is 70.8 Å². The first-order chi connectivity index (χ1) is 19.5. The number of rotatable bonds is 8. The molecule has 0 N–H and O–H groups in total. The molecule has 2 atom stereocenters. The summed E-state index contributed by atoms with van der Waals surface area (Å²) in [6, 6.07) is 17.6. The van der Waals surface area contributed by atoms with E-state index in [1.807, 2.05) is 0 Å². The average molecular weight is 549 g/mol. The Morgan fingerprint density at radius 1 is 0.425 bits per heavy atom. The molecule has 0 saturated heterocycles. The van der Waals surface area contributed by atoms with Gasteiger partial charge in [-0.25, -0.2) is 0 Å². The summed E-state index contributed by atoms with van der Waals surface area (Å²) in [6.45, 7) is 18.1. The van der Waals surface area contributed by atoms with E-state index in [9.17, 15) is 0 Å². The highest BCUT2D eigenvalue weighted by atomic mass is 14.2. The second kappa shape index (κ2) is 23.1. The molecule has 2 aromatic rings. The fourth-order valence-electron chi connectivity index (χ4n) is 6.27. The van der Waals surface area contributed by atoms with Crippen molar-refractivity contribution in [3.8, 4) is 0 Å². The van der Waals surface area contributed by atoms with Gasteiger partial charge in [-0.15, -0.1) is 0 Å². The van der Waals surface area contributed by atoms with E-state index in [-0.39, 0.29) is 0 Å². The molecule has 2 aliphatic carbocycles. The zero-order chi connectivity index (χ0) is 29.6. The molecule has 0 heteroatoms. The third kappa shape index (κ3) is 15.4. The van der Waals surface area contributed by atoms with Gasteiger partial charge in [-0.1, -0.05) is 175 Å². The van der Waals surface area contributed by atoms with Crippen LogP contribution >= 0.6 is 0 Å². The molecule has 4 rings (SSSR count). The Balaban J connectivity index is 0.000000267. The largest absolute Gasteiger partial charge is 0.0651 e. The summed E-state index contributed by atoms with van der Waals surface area (Å²) in [7, 11) is 0. The predicted octanol–water partition coefficient (Wildman–Crippen LogP) is 12.8. The van der Waals surface area contributed by atoms with E-state index in [2.05, 4.69) is 104 Å². The summed E-state index contributed by atoms with van der Waals surface area (Å²) in [4.78, 5) is 0. The van der Waals surface area contributed by atoms with Crippen molar-refractivity contribution in [1.29, 1.82) is 0 Å². The zero-order valence-corrected chi connectivity index (χ0v) is 28.2. The maximum atomic E-state index is 2.34. The van der Waals surface area contributed by atoms with Gasteiger partial charge in [0.1, 0.15) is 0 Å². The van der Waals surface area contributed by atoms with Crippen molar-refractivity contribution in [3.63, 3.8) is 0 Å². The van der Waals surface area contributed by atoms with Crippen molar-refractivity contribution in [2.75, 3.05) is 0 Å². The quantitative estimate of drug-likeness (QED) is 0.308.